The fourth-order valence-electron chi connectivity index (χ4n) is 2.14. The minimum Gasteiger partial charge on any atom is -0.459 e. The molecule has 7 nitrogen and oxygen atoms in total. The van der Waals surface area contributed by atoms with E-state index in [2.05, 4.69) is 20.2 Å². The van der Waals surface area contributed by atoms with Crippen LogP contribution < -0.4 is 5.56 Å². The number of nitrogens with one attached hydrogen (secondary N) is 1. The van der Waals surface area contributed by atoms with Crippen LogP contribution in [0.4, 0.5) is 0 Å². The zero-order chi connectivity index (χ0) is 16.2. The van der Waals surface area contributed by atoms with Crippen LogP contribution >= 0.6 is 0 Å². The van der Waals surface area contributed by atoms with Gasteiger partial charge in [0.1, 0.15) is 6.61 Å². The molecule has 1 N–H and O–H groups in total. The predicted octanol–water partition coefficient (Wildman–Crippen LogP) is 1.31. The van der Waals surface area contributed by atoms with Crippen LogP contribution in [0.15, 0.2) is 41.5 Å². The number of nitrogens with zero attached hydrogens (tertiary/aromatic N) is 3. The summed E-state index contributed by atoms with van der Waals surface area (Å²) in [4.78, 5) is 31.9. The molecule has 2 heterocycles. The van der Waals surface area contributed by atoms with Gasteiger partial charge in [-0.3, -0.25) is 19.6 Å². The highest BCUT2D eigenvalue weighted by molar-refractivity contribution is 5.86. The predicted molar refractivity (Wildman–Crippen MR) is 82.6 cm³/mol. The highest BCUT2D eigenvalue weighted by atomic mass is 16.5. The maximum atomic E-state index is 12.0. The Balaban J connectivity index is 1.72. The second-order valence-electron chi connectivity index (χ2n) is 5.03. The topological polar surface area (TPSA) is 97.8 Å². The van der Waals surface area contributed by atoms with Crippen molar-refractivity contribution >= 4 is 16.7 Å². The second-order valence-corrected chi connectivity index (χ2v) is 5.03. The minimum atomic E-state index is -0.447. The molecule has 23 heavy (non-hydrogen) atoms. The van der Waals surface area contributed by atoms with Gasteiger partial charge in [-0.2, -0.15) is 5.10 Å². The molecule has 3 aromatic rings. The third kappa shape index (κ3) is 3.39. The van der Waals surface area contributed by atoms with Crippen LogP contribution in [0.5, 0.6) is 0 Å². The van der Waals surface area contributed by atoms with E-state index >= 15 is 0 Å². The van der Waals surface area contributed by atoms with E-state index < -0.39 is 5.97 Å². The Labute approximate surface area is 131 Å². The number of aromatic nitrogens is 4. The number of carbonyl (C=O) groups is 1. The summed E-state index contributed by atoms with van der Waals surface area (Å²) in [5.74, 6) is -0.447. The van der Waals surface area contributed by atoms with Crippen LogP contribution in [0.25, 0.3) is 10.8 Å². The lowest BCUT2D eigenvalue weighted by Crippen LogP contribution is -2.15. The molecule has 0 aliphatic carbocycles. The molecule has 3 rings (SSSR count). The third-order valence-electron chi connectivity index (χ3n) is 3.30. The first-order valence-corrected chi connectivity index (χ1v) is 7.03. The Morgan fingerprint density at radius 3 is 2.70 bits per heavy atom. The SMILES string of the molecule is Cc1cnc(COC(=O)Cc2n[nH]c(=O)c3ccccc23)cn1. The van der Waals surface area contributed by atoms with Gasteiger partial charge in [0.2, 0.25) is 0 Å². The Hall–Kier alpha value is -3.09. The fourth-order valence-corrected chi connectivity index (χ4v) is 2.14. The number of carbonyl (C=O) groups excluding carboxylic acids is 1. The molecule has 0 spiro atoms. The lowest BCUT2D eigenvalue weighted by atomic mass is 10.1. The number of benzene rings is 1. The maximum absolute atomic E-state index is 12.0. The minimum absolute atomic E-state index is 0.0312. The number of rotatable bonds is 4. The standard InChI is InChI=1S/C16H14N4O3/c1-10-7-18-11(8-17-10)9-23-15(21)6-14-12-4-2-3-5-13(12)16(22)20-19-14/h2-5,7-8H,6,9H2,1H3,(H,20,22). The molecule has 0 saturated heterocycles. The number of H-pyrrole nitrogens is 1. The lowest BCUT2D eigenvalue weighted by Gasteiger charge is -2.06. The maximum Gasteiger partial charge on any atom is 0.312 e. The van der Waals surface area contributed by atoms with E-state index in [0.717, 1.165) is 5.69 Å². The first-order chi connectivity index (χ1) is 11.1. The molecule has 0 aliphatic heterocycles. The Morgan fingerprint density at radius 2 is 1.96 bits per heavy atom. The van der Waals surface area contributed by atoms with E-state index in [1.54, 1.807) is 36.7 Å². The van der Waals surface area contributed by atoms with Gasteiger partial charge in [-0.15, -0.1) is 0 Å². The summed E-state index contributed by atoms with van der Waals surface area (Å²) in [5, 5.41) is 7.48. The first-order valence-electron chi connectivity index (χ1n) is 7.03. The average Bonchev–Trinajstić information content (AvgIpc) is 2.57. The van der Waals surface area contributed by atoms with Crippen molar-refractivity contribution in [1.82, 2.24) is 20.2 Å². The van der Waals surface area contributed by atoms with Crippen molar-refractivity contribution in [2.24, 2.45) is 0 Å². The number of esters is 1. The zero-order valence-electron chi connectivity index (χ0n) is 12.4. The smallest absolute Gasteiger partial charge is 0.312 e. The van der Waals surface area contributed by atoms with E-state index in [1.165, 1.54) is 0 Å². The summed E-state index contributed by atoms with van der Waals surface area (Å²) in [6, 6.07) is 6.99. The molecule has 7 heteroatoms. The van der Waals surface area contributed by atoms with Crippen LogP contribution in [0.1, 0.15) is 17.1 Å². The molecule has 1 aromatic carbocycles. The molecule has 0 radical (unpaired) electrons. The number of ether oxygens (including phenoxy) is 1. The van der Waals surface area contributed by atoms with Crippen LogP contribution in [0.3, 0.4) is 0 Å². The summed E-state index contributed by atoms with van der Waals surface area (Å²) in [7, 11) is 0. The van der Waals surface area contributed by atoms with Crippen LogP contribution in [-0.2, 0) is 22.6 Å². The summed E-state index contributed by atoms with van der Waals surface area (Å²) in [5.41, 5.74) is 1.56. The summed E-state index contributed by atoms with van der Waals surface area (Å²) >= 11 is 0. The Kier molecular flexibility index (Phi) is 4.09. The van der Waals surface area contributed by atoms with E-state index in [-0.39, 0.29) is 18.6 Å². The molecule has 0 unspecified atom stereocenters. The summed E-state index contributed by atoms with van der Waals surface area (Å²) < 4.78 is 5.18. The Morgan fingerprint density at radius 1 is 1.17 bits per heavy atom. The van der Waals surface area contributed by atoms with Crippen molar-refractivity contribution in [1.29, 1.82) is 0 Å². The number of hydrogen-bond acceptors (Lipinski definition) is 6. The number of aryl methyl sites for hydroxylation is 1. The normalized spacial score (nSPS) is 10.7. The summed E-state index contributed by atoms with van der Waals surface area (Å²) in [6.45, 7) is 1.88. The second kappa shape index (κ2) is 6.35. The molecular weight excluding hydrogens is 296 g/mol. The molecule has 0 amide bonds. The molecule has 0 fully saturated rings. The van der Waals surface area contributed by atoms with Crippen molar-refractivity contribution < 1.29 is 9.53 Å². The average molecular weight is 310 g/mol. The van der Waals surface area contributed by atoms with Crippen molar-refractivity contribution in [3.05, 3.63) is 64.1 Å². The lowest BCUT2D eigenvalue weighted by molar-refractivity contribution is -0.144. The molecular formula is C16H14N4O3. The first kappa shape index (κ1) is 14.8. The monoisotopic (exact) mass is 310 g/mol. The summed E-state index contributed by atoms with van der Waals surface area (Å²) in [6.07, 6.45) is 3.15. The molecule has 0 aliphatic rings. The largest absolute Gasteiger partial charge is 0.459 e. The molecule has 2 aromatic heterocycles. The van der Waals surface area contributed by atoms with Crippen LogP contribution in [-0.4, -0.2) is 26.1 Å². The van der Waals surface area contributed by atoms with Crippen molar-refractivity contribution in [3.63, 3.8) is 0 Å². The van der Waals surface area contributed by atoms with E-state index in [1.807, 2.05) is 6.92 Å². The van der Waals surface area contributed by atoms with Gasteiger partial charge >= 0.3 is 5.97 Å². The number of aromatic amines is 1. The molecule has 0 atom stereocenters. The van der Waals surface area contributed by atoms with E-state index in [0.29, 0.717) is 22.2 Å². The van der Waals surface area contributed by atoms with Gasteiger partial charge < -0.3 is 4.74 Å². The van der Waals surface area contributed by atoms with Crippen LogP contribution in [0.2, 0.25) is 0 Å². The van der Waals surface area contributed by atoms with Gasteiger partial charge in [0.05, 0.1) is 35.1 Å². The van der Waals surface area contributed by atoms with Gasteiger partial charge in [0.15, 0.2) is 0 Å². The van der Waals surface area contributed by atoms with Gasteiger partial charge in [-0.1, -0.05) is 18.2 Å². The highest BCUT2D eigenvalue weighted by Crippen LogP contribution is 2.13. The third-order valence-corrected chi connectivity index (χ3v) is 3.30. The van der Waals surface area contributed by atoms with Crippen molar-refractivity contribution in [2.75, 3.05) is 0 Å². The van der Waals surface area contributed by atoms with E-state index in [9.17, 15) is 9.59 Å². The van der Waals surface area contributed by atoms with Gasteiger partial charge in [-0.25, -0.2) is 5.10 Å². The van der Waals surface area contributed by atoms with Gasteiger partial charge in [0, 0.05) is 11.6 Å². The van der Waals surface area contributed by atoms with Gasteiger partial charge in [0.25, 0.3) is 5.56 Å². The molecule has 0 saturated carbocycles. The zero-order valence-corrected chi connectivity index (χ0v) is 12.4. The quantitative estimate of drug-likeness (QED) is 0.730. The van der Waals surface area contributed by atoms with Gasteiger partial charge in [-0.05, 0) is 13.0 Å². The number of fused-ring (bicyclic) bond motifs is 1. The highest BCUT2D eigenvalue weighted by Gasteiger charge is 2.12. The number of hydrogen-bond donors (Lipinski definition) is 1. The fraction of sp³-hybridized carbons (Fsp3) is 0.188. The van der Waals surface area contributed by atoms with Crippen LogP contribution in [0, 0.1) is 6.92 Å². The van der Waals surface area contributed by atoms with E-state index in [4.69, 9.17) is 4.74 Å². The van der Waals surface area contributed by atoms with Crippen molar-refractivity contribution in [3.8, 4) is 0 Å². The Bertz CT molecular complexity index is 903. The molecule has 0 bridgehead atoms. The van der Waals surface area contributed by atoms with Crippen molar-refractivity contribution in [2.45, 2.75) is 20.0 Å². The molecule has 116 valence electrons.